The molecule has 18 heavy (non-hydrogen) atoms. The molecule has 1 fully saturated rings. The minimum Gasteiger partial charge on any atom is -0.334 e. The first-order valence-corrected chi connectivity index (χ1v) is 7.26. The van der Waals surface area contributed by atoms with E-state index in [1.54, 1.807) is 17.4 Å². The maximum absolute atomic E-state index is 12.4. The van der Waals surface area contributed by atoms with Crippen LogP contribution in [-0.2, 0) is 11.3 Å². The summed E-state index contributed by atoms with van der Waals surface area (Å²) in [4.78, 5) is 15.5. The monoisotopic (exact) mass is 264 g/mol. The van der Waals surface area contributed by atoms with Gasteiger partial charge < -0.3 is 10.6 Å². The number of nitrogens with two attached hydrogens (primary N) is 1. The fourth-order valence-corrected chi connectivity index (χ4v) is 3.20. The van der Waals surface area contributed by atoms with Gasteiger partial charge in [0, 0.05) is 23.4 Å². The second-order valence-electron chi connectivity index (χ2n) is 4.86. The molecule has 2 N–H and O–H groups in total. The molecule has 1 amide bonds. The van der Waals surface area contributed by atoms with Crippen LogP contribution in [0.15, 0.2) is 30.2 Å². The van der Waals surface area contributed by atoms with Gasteiger partial charge >= 0.3 is 0 Å². The molecule has 1 aromatic rings. The summed E-state index contributed by atoms with van der Waals surface area (Å²) in [5.74, 6) is 0.344. The van der Waals surface area contributed by atoms with E-state index in [2.05, 4.69) is 12.6 Å². The number of thiophene rings is 1. The van der Waals surface area contributed by atoms with E-state index in [-0.39, 0.29) is 17.9 Å². The Labute approximate surface area is 112 Å². The molecule has 3 nitrogen and oxygen atoms in total. The molecule has 0 aromatic carbocycles. The molecule has 98 valence electrons. The van der Waals surface area contributed by atoms with Crippen LogP contribution < -0.4 is 5.73 Å². The lowest BCUT2D eigenvalue weighted by atomic mass is 10.1. The van der Waals surface area contributed by atoms with Gasteiger partial charge in [-0.15, -0.1) is 17.9 Å². The van der Waals surface area contributed by atoms with E-state index in [1.807, 2.05) is 16.3 Å². The molecule has 0 spiro atoms. The molecule has 1 aliphatic carbocycles. The summed E-state index contributed by atoms with van der Waals surface area (Å²) in [6.45, 7) is 5.04. The first-order chi connectivity index (χ1) is 8.70. The second kappa shape index (κ2) is 6.16. The highest BCUT2D eigenvalue weighted by Gasteiger charge is 2.30. The quantitative estimate of drug-likeness (QED) is 0.830. The molecule has 2 rings (SSSR count). The Morgan fingerprint density at radius 2 is 2.44 bits per heavy atom. The zero-order chi connectivity index (χ0) is 13.0. The molecule has 4 heteroatoms. The summed E-state index contributed by atoms with van der Waals surface area (Å²) in [6, 6.07) is 4.28. The highest BCUT2D eigenvalue weighted by Crippen LogP contribution is 2.27. The van der Waals surface area contributed by atoms with Gasteiger partial charge in [-0.05, 0) is 30.7 Å². The van der Waals surface area contributed by atoms with Crippen molar-refractivity contribution >= 4 is 17.2 Å². The van der Waals surface area contributed by atoms with Gasteiger partial charge in [-0.2, -0.15) is 0 Å². The van der Waals surface area contributed by atoms with Crippen molar-refractivity contribution in [2.75, 3.05) is 6.54 Å². The van der Waals surface area contributed by atoms with Crippen molar-refractivity contribution in [1.29, 1.82) is 0 Å². The zero-order valence-electron chi connectivity index (χ0n) is 10.5. The molecular weight excluding hydrogens is 244 g/mol. The summed E-state index contributed by atoms with van der Waals surface area (Å²) in [6.07, 6.45) is 4.52. The van der Waals surface area contributed by atoms with Gasteiger partial charge in [-0.1, -0.05) is 12.1 Å². The Balaban J connectivity index is 2.00. The Morgan fingerprint density at radius 1 is 1.61 bits per heavy atom. The number of rotatable bonds is 5. The van der Waals surface area contributed by atoms with E-state index in [9.17, 15) is 4.79 Å². The van der Waals surface area contributed by atoms with Crippen molar-refractivity contribution in [1.82, 2.24) is 4.90 Å². The van der Waals surface area contributed by atoms with Gasteiger partial charge in [0.15, 0.2) is 0 Å². The van der Waals surface area contributed by atoms with Crippen molar-refractivity contribution in [2.24, 2.45) is 11.7 Å². The zero-order valence-corrected chi connectivity index (χ0v) is 11.4. The van der Waals surface area contributed by atoms with Crippen LogP contribution in [-0.4, -0.2) is 23.4 Å². The Morgan fingerprint density at radius 3 is 3.00 bits per heavy atom. The molecule has 0 radical (unpaired) electrons. The summed E-state index contributed by atoms with van der Waals surface area (Å²) >= 11 is 1.68. The third-order valence-electron chi connectivity index (χ3n) is 3.41. The number of carbonyl (C=O) groups excluding carboxylic acids is 1. The molecule has 2 atom stereocenters. The third-order valence-corrected chi connectivity index (χ3v) is 4.27. The fraction of sp³-hybridized carbons (Fsp3) is 0.500. The van der Waals surface area contributed by atoms with Crippen LogP contribution in [0.1, 0.15) is 24.1 Å². The van der Waals surface area contributed by atoms with E-state index in [0.29, 0.717) is 13.1 Å². The molecule has 0 saturated heterocycles. The van der Waals surface area contributed by atoms with E-state index in [4.69, 9.17) is 5.73 Å². The molecule has 0 aliphatic heterocycles. The van der Waals surface area contributed by atoms with Gasteiger partial charge in [0.05, 0.1) is 6.54 Å². The normalized spacial score (nSPS) is 22.9. The highest BCUT2D eigenvalue weighted by atomic mass is 32.1. The van der Waals surface area contributed by atoms with Crippen LogP contribution in [0.3, 0.4) is 0 Å². The summed E-state index contributed by atoms with van der Waals surface area (Å²) in [7, 11) is 0. The average Bonchev–Trinajstić information content (AvgIpc) is 2.99. The van der Waals surface area contributed by atoms with E-state index in [1.165, 1.54) is 4.88 Å². The lowest BCUT2D eigenvalue weighted by molar-refractivity contribution is -0.135. The van der Waals surface area contributed by atoms with Gasteiger partial charge in [-0.25, -0.2) is 0 Å². The molecule has 2 unspecified atom stereocenters. The van der Waals surface area contributed by atoms with Crippen LogP contribution in [0.5, 0.6) is 0 Å². The molecule has 1 aliphatic rings. The maximum Gasteiger partial charge on any atom is 0.226 e. The van der Waals surface area contributed by atoms with Gasteiger partial charge in [0.1, 0.15) is 0 Å². The van der Waals surface area contributed by atoms with Crippen molar-refractivity contribution < 1.29 is 4.79 Å². The summed E-state index contributed by atoms with van der Waals surface area (Å²) < 4.78 is 0. The number of carbonyl (C=O) groups is 1. The Bertz CT molecular complexity index is 402. The molecule has 1 aromatic heterocycles. The average molecular weight is 264 g/mol. The highest BCUT2D eigenvalue weighted by molar-refractivity contribution is 7.09. The smallest absolute Gasteiger partial charge is 0.226 e. The summed E-state index contributed by atoms with van der Waals surface area (Å²) in [5.41, 5.74) is 5.88. The molecule has 1 saturated carbocycles. The summed E-state index contributed by atoms with van der Waals surface area (Å²) in [5, 5.41) is 2.04. The van der Waals surface area contributed by atoms with E-state index in [0.717, 1.165) is 19.3 Å². The Hall–Kier alpha value is -1.13. The first kappa shape index (κ1) is 13.3. The second-order valence-corrected chi connectivity index (χ2v) is 5.89. The largest absolute Gasteiger partial charge is 0.334 e. The van der Waals surface area contributed by atoms with Crippen LogP contribution in [0.2, 0.25) is 0 Å². The SMILES string of the molecule is C=CCN(Cc1cccs1)C(=O)C1CCC(N)C1. The lowest BCUT2D eigenvalue weighted by Gasteiger charge is -2.24. The van der Waals surface area contributed by atoms with Gasteiger partial charge in [0.25, 0.3) is 0 Å². The van der Waals surface area contributed by atoms with Gasteiger partial charge in [-0.3, -0.25) is 4.79 Å². The Kier molecular flexibility index (Phi) is 4.55. The van der Waals surface area contributed by atoms with Crippen LogP contribution >= 0.6 is 11.3 Å². The predicted molar refractivity (Wildman–Crippen MR) is 75.2 cm³/mol. The standard InChI is InChI=1S/C14H20N2OS/c1-2-7-16(10-13-4-3-8-18-13)14(17)11-5-6-12(15)9-11/h2-4,8,11-12H,1,5-7,9-10,15H2. The first-order valence-electron chi connectivity index (χ1n) is 6.38. The van der Waals surface area contributed by atoms with Crippen LogP contribution in [0.4, 0.5) is 0 Å². The van der Waals surface area contributed by atoms with Crippen molar-refractivity contribution in [3.63, 3.8) is 0 Å². The molecule has 0 bridgehead atoms. The van der Waals surface area contributed by atoms with Gasteiger partial charge in [0.2, 0.25) is 5.91 Å². The predicted octanol–water partition coefficient (Wildman–Crippen LogP) is 2.39. The number of amides is 1. The molecular formula is C14H20N2OS. The van der Waals surface area contributed by atoms with Crippen molar-refractivity contribution in [2.45, 2.75) is 31.8 Å². The van der Waals surface area contributed by atoms with Crippen molar-refractivity contribution in [3.05, 3.63) is 35.0 Å². The number of hydrogen-bond acceptors (Lipinski definition) is 3. The van der Waals surface area contributed by atoms with Crippen LogP contribution in [0, 0.1) is 5.92 Å². The fourth-order valence-electron chi connectivity index (χ4n) is 2.48. The van der Waals surface area contributed by atoms with E-state index >= 15 is 0 Å². The third kappa shape index (κ3) is 3.21. The topological polar surface area (TPSA) is 46.3 Å². The molecule has 1 heterocycles. The minimum atomic E-state index is 0.111. The maximum atomic E-state index is 12.4. The number of hydrogen-bond donors (Lipinski definition) is 1. The number of nitrogens with zero attached hydrogens (tertiary/aromatic N) is 1. The van der Waals surface area contributed by atoms with Crippen molar-refractivity contribution in [3.8, 4) is 0 Å². The lowest BCUT2D eigenvalue weighted by Crippen LogP contribution is -2.35. The van der Waals surface area contributed by atoms with E-state index < -0.39 is 0 Å². The minimum absolute atomic E-state index is 0.111. The van der Waals surface area contributed by atoms with Crippen LogP contribution in [0.25, 0.3) is 0 Å².